The number of hydrogen-bond donors (Lipinski definition) is 0. The van der Waals surface area contributed by atoms with Crippen LogP contribution in [0.15, 0.2) is 24.3 Å². The lowest BCUT2D eigenvalue weighted by Crippen LogP contribution is -2.42. The molecule has 0 atom stereocenters. The molecule has 0 aromatic heterocycles. The number of carbonyl (C=O) groups is 2. The first-order chi connectivity index (χ1) is 10.2. The van der Waals surface area contributed by atoms with Gasteiger partial charge >= 0.3 is 5.97 Å². The van der Waals surface area contributed by atoms with Crippen molar-refractivity contribution in [2.75, 3.05) is 39.5 Å². The van der Waals surface area contributed by atoms with Crippen molar-refractivity contribution < 1.29 is 23.8 Å². The van der Waals surface area contributed by atoms with Gasteiger partial charge in [-0.1, -0.05) is 0 Å². The van der Waals surface area contributed by atoms with Gasteiger partial charge in [-0.15, -0.1) is 0 Å². The van der Waals surface area contributed by atoms with Crippen molar-refractivity contribution in [3.8, 4) is 5.75 Å². The number of benzene rings is 1. The van der Waals surface area contributed by atoms with Crippen LogP contribution in [0.25, 0.3) is 0 Å². The monoisotopic (exact) mass is 293 g/mol. The van der Waals surface area contributed by atoms with Crippen molar-refractivity contribution in [3.63, 3.8) is 0 Å². The molecule has 0 spiro atoms. The van der Waals surface area contributed by atoms with Crippen LogP contribution in [0.3, 0.4) is 0 Å². The van der Waals surface area contributed by atoms with Gasteiger partial charge in [0.15, 0.2) is 6.61 Å². The Hall–Kier alpha value is -2.08. The van der Waals surface area contributed by atoms with Gasteiger partial charge in [0.25, 0.3) is 5.91 Å². The highest BCUT2D eigenvalue weighted by atomic mass is 16.5. The van der Waals surface area contributed by atoms with Gasteiger partial charge in [0.05, 0.1) is 25.4 Å². The Kier molecular flexibility index (Phi) is 5.57. The number of ether oxygens (including phenoxy) is 3. The van der Waals surface area contributed by atoms with E-state index in [0.717, 1.165) is 0 Å². The molecule has 1 aromatic carbocycles. The molecular weight excluding hydrogens is 274 g/mol. The molecule has 0 radical (unpaired) electrons. The SMILES string of the molecule is CCOc1ccc(C(=O)OCC(=O)N2CCOCC2)cc1. The molecule has 114 valence electrons. The minimum atomic E-state index is -0.514. The van der Waals surface area contributed by atoms with Crippen LogP contribution in [0.1, 0.15) is 17.3 Å². The van der Waals surface area contributed by atoms with Crippen LogP contribution in [-0.2, 0) is 14.3 Å². The first-order valence-corrected chi connectivity index (χ1v) is 6.96. The summed E-state index contributed by atoms with van der Waals surface area (Å²) in [5, 5.41) is 0. The van der Waals surface area contributed by atoms with E-state index >= 15 is 0 Å². The predicted molar refractivity (Wildman–Crippen MR) is 75.3 cm³/mol. The van der Waals surface area contributed by atoms with Gasteiger partial charge in [0, 0.05) is 13.1 Å². The Morgan fingerprint density at radius 3 is 2.48 bits per heavy atom. The first kappa shape index (κ1) is 15.3. The summed E-state index contributed by atoms with van der Waals surface area (Å²) in [7, 11) is 0. The Morgan fingerprint density at radius 2 is 1.86 bits per heavy atom. The topological polar surface area (TPSA) is 65.1 Å². The Labute approximate surface area is 123 Å². The zero-order chi connectivity index (χ0) is 15.1. The number of rotatable bonds is 5. The largest absolute Gasteiger partial charge is 0.494 e. The molecule has 0 saturated carbocycles. The molecule has 0 aliphatic carbocycles. The van der Waals surface area contributed by atoms with Crippen molar-refractivity contribution in [1.82, 2.24) is 4.90 Å². The van der Waals surface area contributed by atoms with Crippen LogP contribution in [0.5, 0.6) is 5.75 Å². The van der Waals surface area contributed by atoms with Crippen LogP contribution in [-0.4, -0.2) is 56.3 Å². The van der Waals surface area contributed by atoms with E-state index in [1.165, 1.54) is 0 Å². The third-order valence-electron chi connectivity index (χ3n) is 3.09. The summed E-state index contributed by atoms with van der Waals surface area (Å²) in [5.74, 6) is -0.0179. The highest BCUT2D eigenvalue weighted by Crippen LogP contribution is 2.13. The number of morpholine rings is 1. The lowest BCUT2D eigenvalue weighted by Gasteiger charge is -2.26. The van der Waals surface area contributed by atoms with E-state index in [9.17, 15) is 9.59 Å². The lowest BCUT2D eigenvalue weighted by molar-refractivity contribution is -0.138. The molecule has 21 heavy (non-hydrogen) atoms. The van der Waals surface area contributed by atoms with Gasteiger partial charge in [-0.05, 0) is 31.2 Å². The zero-order valence-corrected chi connectivity index (χ0v) is 12.0. The van der Waals surface area contributed by atoms with E-state index in [1.807, 2.05) is 6.92 Å². The smallest absolute Gasteiger partial charge is 0.338 e. The molecular formula is C15H19NO5. The summed E-state index contributed by atoms with van der Waals surface area (Å²) in [6, 6.07) is 6.63. The predicted octanol–water partition coefficient (Wildman–Crippen LogP) is 1.10. The van der Waals surface area contributed by atoms with E-state index < -0.39 is 5.97 Å². The molecule has 1 fully saturated rings. The maximum absolute atomic E-state index is 11.8. The molecule has 2 rings (SSSR count). The van der Waals surface area contributed by atoms with Gasteiger partial charge in [-0.2, -0.15) is 0 Å². The standard InChI is InChI=1S/C15H19NO5/c1-2-20-13-5-3-12(4-6-13)15(18)21-11-14(17)16-7-9-19-10-8-16/h3-6H,2,7-11H2,1H3. The van der Waals surface area contributed by atoms with Crippen LogP contribution >= 0.6 is 0 Å². The molecule has 1 heterocycles. The van der Waals surface area contributed by atoms with E-state index in [1.54, 1.807) is 29.2 Å². The average Bonchev–Trinajstić information content (AvgIpc) is 2.54. The second-order valence-electron chi connectivity index (χ2n) is 4.53. The summed E-state index contributed by atoms with van der Waals surface area (Å²) in [6.07, 6.45) is 0. The van der Waals surface area contributed by atoms with Crippen molar-refractivity contribution in [2.24, 2.45) is 0 Å². The van der Waals surface area contributed by atoms with Gasteiger partial charge < -0.3 is 19.1 Å². The quantitative estimate of drug-likeness (QED) is 0.761. The van der Waals surface area contributed by atoms with Crippen molar-refractivity contribution >= 4 is 11.9 Å². The van der Waals surface area contributed by atoms with E-state index in [0.29, 0.717) is 44.2 Å². The van der Waals surface area contributed by atoms with Crippen LogP contribution in [0, 0.1) is 0 Å². The number of nitrogens with zero attached hydrogens (tertiary/aromatic N) is 1. The van der Waals surface area contributed by atoms with Crippen molar-refractivity contribution in [3.05, 3.63) is 29.8 Å². The van der Waals surface area contributed by atoms with Gasteiger partial charge in [-0.25, -0.2) is 4.79 Å². The highest BCUT2D eigenvalue weighted by Gasteiger charge is 2.18. The van der Waals surface area contributed by atoms with Crippen molar-refractivity contribution in [2.45, 2.75) is 6.92 Å². The summed E-state index contributed by atoms with van der Waals surface area (Å²) >= 11 is 0. The molecule has 1 aromatic rings. The fraction of sp³-hybridized carbons (Fsp3) is 0.467. The lowest BCUT2D eigenvalue weighted by atomic mass is 10.2. The summed E-state index contributed by atoms with van der Waals surface area (Å²) < 4.78 is 15.5. The number of esters is 1. The molecule has 6 heteroatoms. The number of amides is 1. The maximum Gasteiger partial charge on any atom is 0.338 e. The maximum atomic E-state index is 11.8. The zero-order valence-electron chi connectivity index (χ0n) is 12.0. The third-order valence-corrected chi connectivity index (χ3v) is 3.09. The molecule has 0 bridgehead atoms. The fourth-order valence-electron chi connectivity index (χ4n) is 1.97. The molecule has 0 N–H and O–H groups in total. The Balaban J connectivity index is 1.82. The van der Waals surface area contributed by atoms with Gasteiger partial charge in [0.1, 0.15) is 5.75 Å². The van der Waals surface area contributed by atoms with Gasteiger partial charge in [-0.3, -0.25) is 4.79 Å². The second kappa shape index (κ2) is 7.64. The summed E-state index contributed by atoms with van der Waals surface area (Å²) in [5.41, 5.74) is 0.397. The second-order valence-corrected chi connectivity index (χ2v) is 4.53. The summed E-state index contributed by atoms with van der Waals surface area (Å²) in [6.45, 7) is 4.35. The van der Waals surface area contributed by atoms with E-state index in [2.05, 4.69) is 0 Å². The Bertz CT molecular complexity index is 479. The Morgan fingerprint density at radius 1 is 1.19 bits per heavy atom. The molecule has 6 nitrogen and oxygen atoms in total. The first-order valence-electron chi connectivity index (χ1n) is 6.96. The molecule has 1 aliphatic heterocycles. The van der Waals surface area contributed by atoms with Crippen molar-refractivity contribution in [1.29, 1.82) is 0 Å². The summed E-state index contributed by atoms with van der Waals surface area (Å²) in [4.78, 5) is 25.3. The minimum Gasteiger partial charge on any atom is -0.494 e. The number of hydrogen-bond acceptors (Lipinski definition) is 5. The van der Waals surface area contributed by atoms with Crippen LogP contribution in [0.2, 0.25) is 0 Å². The van der Waals surface area contributed by atoms with Gasteiger partial charge in [0.2, 0.25) is 0 Å². The highest BCUT2D eigenvalue weighted by molar-refractivity contribution is 5.91. The average molecular weight is 293 g/mol. The van der Waals surface area contributed by atoms with E-state index in [4.69, 9.17) is 14.2 Å². The third kappa shape index (κ3) is 4.46. The van der Waals surface area contributed by atoms with Crippen LogP contribution in [0.4, 0.5) is 0 Å². The minimum absolute atomic E-state index is 0.197. The van der Waals surface area contributed by atoms with E-state index in [-0.39, 0.29) is 12.5 Å². The number of carbonyl (C=O) groups excluding carboxylic acids is 2. The molecule has 0 unspecified atom stereocenters. The fourth-order valence-corrected chi connectivity index (χ4v) is 1.97. The molecule has 1 amide bonds. The molecule has 1 saturated heterocycles. The van der Waals surface area contributed by atoms with Crippen LogP contribution < -0.4 is 4.74 Å². The normalized spacial score (nSPS) is 14.6. The molecule has 1 aliphatic rings.